The fourth-order valence-corrected chi connectivity index (χ4v) is 3.75. The van der Waals surface area contributed by atoms with E-state index in [4.69, 9.17) is 9.15 Å². The summed E-state index contributed by atoms with van der Waals surface area (Å²) in [6.45, 7) is 8.53. The van der Waals surface area contributed by atoms with Crippen LogP contribution in [0.25, 0.3) is 0 Å². The molecule has 3 atom stereocenters. The number of aromatic nitrogens is 1. The van der Waals surface area contributed by atoms with Gasteiger partial charge in [-0.2, -0.15) is 0 Å². The molecule has 3 unspecified atom stereocenters. The number of hydrogen-bond acceptors (Lipinski definition) is 4. The molecule has 0 amide bonds. The lowest BCUT2D eigenvalue weighted by atomic mass is 9.77. The van der Waals surface area contributed by atoms with Crippen molar-refractivity contribution < 1.29 is 13.9 Å². The minimum Gasteiger partial charge on any atom is -0.465 e. The van der Waals surface area contributed by atoms with Gasteiger partial charge in [-0.3, -0.25) is 4.79 Å². The highest BCUT2D eigenvalue weighted by atomic mass is 16.5. The van der Waals surface area contributed by atoms with E-state index >= 15 is 0 Å². The zero-order valence-electron chi connectivity index (χ0n) is 17.6. The smallest absolute Gasteiger partial charge is 0.318 e. The summed E-state index contributed by atoms with van der Waals surface area (Å²) in [5.41, 5.74) is 4.89. The predicted octanol–water partition coefficient (Wildman–Crippen LogP) is 5.92. The van der Waals surface area contributed by atoms with E-state index in [1.165, 1.54) is 28.5 Å². The van der Waals surface area contributed by atoms with E-state index < -0.39 is 5.92 Å². The van der Waals surface area contributed by atoms with Crippen LogP contribution in [0.3, 0.4) is 0 Å². The summed E-state index contributed by atoms with van der Waals surface area (Å²) >= 11 is 0. The number of oxazole rings is 1. The summed E-state index contributed by atoms with van der Waals surface area (Å²) in [4.78, 5) is 17.0. The number of aryl methyl sites for hydroxylation is 2. The van der Waals surface area contributed by atoms with Crippen LogP contribution in [0.2, 0.25) is 0 Å². The Kier molecular flexibility index (Phi) is 6.86. The van der Waals surface area contributed by atoms with Gasteiger partial charge < -0.3 is 9.15 Å². The van der Waals surface area contributed by atoms with Crippen LogP contribution in [0.1, 0.15) is 66.2 Å². The van der Waals surface area contributed by atoms with Crippen molar-refractivity contribution in [1.29, 1.82) is 0 Å². The van der Waals surface area contributed by atoms with Gasteiger partial charge in [-0.1, -0.05) is 66.6 Å². The maximum absolute atomic E-state index is 12.7. The molecule has 0 N–H and O–H groups in total. The van der Waals surface area contributed by atoms with Gasteiger partial charge in [0.05, 0.1) is 12.8 Å². The first-order valence-corrected chi connectivity index (χ1v) is 10.2. The van der Waals surface area contributed by atoms with E-state index in [-0.39, 0.29) is 17.8 Å². The van der Waals surface area contributed by atoms with Crippen LogP contribution in [0.15, 0.2) is 65.4 Å². The number of esters is 1. The second kappa shape index (κ2) is 9.55. The van der Waals surface area contributed by atoms with Crippen LogP contribution in [-0.4, -0.2) is 17.6 Å². The highest BCUT2D eigenvalue weighted by molar-refractivity contribution is 5.77. The average Bonchev–Trinajstić information content (AvgIpc) is 3.24. The van der Waals surface area contributed by atoms with Crippen molar-refractivity contribution in [2.45, 2.75) is 51.9 Å². The largest absolute Gasteiger partial charge is 0.465 e. The first-order valence-electron chi connectivity index (χ1n) is 10.2. The molecule has 0 spiro atoms. The monoisotopic (exact) mass is 391 g/mol. The van der Waals surface area contributed by atoms with Crippen LogP contribution >= 0.6 is 0 Å². The topological polar surface area (TPSA) is 52.3 Å². The first-order chi connectivity index (χ1) is 14.0. The van der Waals surface area contributed by atoms with Crippen molar-refractivity contribution >= 4 is 5.97 Å². The van der Waals surface area contributed by atoms with Gasteiger partial charge in [0, 0.05) is 0 Å². The van der Waals surface area contributed by atoms with Gasteiger partial charge in [-0.05, 0) is 50.2 Å². The Bertz CT molecular complexity index is 898. The molecule has 0 aliphatic rings. The highest BCUT2D eigenvalue weighted by Gasteiger charge is 2.33. The van der Waals surface area contributed by atoms with Crippen LogP contribution in [0, 0.1) is 13.8 Å². The van der Waals surface area contributed by atoms with Crippen LogP contribution in [0.5, 0.6) is 0 Å². The lowest BCUT2D eigenvalue weighted by molar-refractivity contribution is -0.145. The molecule has 0 saturated carbocycles. The third kappa shape index (κ3) is 5.14. The molecule has 1 heterocycles. The van der Waals surface area contributed by atoms with Crippen LogP contribution in [-0.2, 0) is 9.53 Å². The Morgan fingerprint density at radius 2 is 1.59 bits per heavy atom. The van der Waals surface area contributed by atoms with Gasteiger partial charge in [-0.15, -0.1) is 0 Å². The van der Waals surface area contributed by atoms with E-state index in [1.807, 2.05) is 6.92 Å². The molecule has 0 aliphatic heterocycles. The second-order valence-electron chi connectivity index (χ2n) is 7.63. The minimum absolute atomic E-state index is 0.111. The third-order valence-electron chi connectivity index (χ3n) is 5.52. The summed E-state index contributed by atoms with van der Waals surface area (Å²) in [6.07, 6.45) is 3.65. The number of benzene rings is 2. The maximum atomic E-state index is 12.7. The lowest BCUT2D eigenvalue weighted by Crippen LogP contribution is -2.21. The van der Waals surface area contributed by atoms with Crippen molar-refractivity contribution in [2.24, 2.45) is 0 Å². The molecule has 1 aromatic heterocycles. The van der Waals surface area contributed by atoms with E-state index in [9.17, 15) is 4.79 Å². The molecule has 3 rings (SSSR count). The standard InChI is InChI=1S/C25H29NO3/c1-5-28-25(27)23(24-26-14-15-29-24)16-22(21-12-8-18(3)9-13-21)19(4)20-10-6-17(2)7-11-20/h6-15,19,22-23H,5,16H2,1-4H3. The molecule has 0 saturated heterocycles. The quantitative estimate of drug-likeness (QED) is 0.448. The molecule has 0 radical (unpaired) electrons. The minimum atomic E-state index is -0.538. The van der Waals surface area contributed by atoms with Crippen molar-refractivity contribution in [3.63, 3.8) is 0 Å². The summed E-state index contributed by atoms with van der Waals surface area (Å²) in [5.74, 6) is -0.0891. The molecule has 152 valence electrons. The van der Waals surface area contributed by atoms with Crippen LogP contribution in [0.4, 0.5) is 0 Å². The Balaban J connectivity index is 1.97. The van der Waals surface area contributed by atoms with Gasteiger partial charge >= 0.3 is 5.97 Å². The number of carbonyl (C=O) groups is 1. The fourth-order valence-electron chi connectivity index (χ4n) is 3.75. The number of ether oxygens (including phenoxy) is 1. The zero-order valence-corrected chi connectivity index (χ0v) is 17.6. The summed E-state index contributed by atoms with van der Waals surface area (Å²) in [7, 11) is 0. The van der Waals surface area contributed by atoms with E-state index in [0.29, 0.717) is 18.9 Å². The SMILES string of the molecule is CCOC(=O)C(CC(c1ccc(C)cc1)C(C)c1ccc(C)cc1)c1ncco1. The number of rotatable bonds is 8. The zero-order chi connectivity index (χ0) is 20.8. The Labute approximate surface area is 172 Å². The van der Waals surface area contributed by atoms with Crippen molar-refractivity contribution in [3.8, 4) is 0 Å². The molecule has 29 heavy (non-hydrogen) atoms. The normalized spacial score (nSPS) is 14.2. The predicted molar refractivity (Wildman–Crippen MR) is 114 cm³/mol. The number of hydrogen-bond donors (Lipinski definition) is 0. The molecule has 0 aliphatic carbocycles. The summed E-state index contributed by atoms with van der Waals surface area (Å²) in [6, 6.07) is 17.2. The third-order valence-corrected chi connectivity index (χ3v) is 5.52. The Morgan fingerprint density at radius 1 is 1.00 bits per heavy atom. The van der Waals surface area contributed by atoms with Gasteiger partial charge in [0.25, 0.3) is 0 Å². The maximum Gasteiger partial charge on any atom is 0.318 e. The number of nitrogens with zero attached hydrogens (tertiary/aromatic N) is 1. The van der Waals surface area contributed by atoms with Gasteiger partial charge in [-0.25, -0.2) is 4.98 Å². The molecular weight excluding hydrogens is 362 g/mol. The van der Waals surface area contributed by atoms with E-state index in [1.54, 1.807) is 6.20 Å². The van der Waals surface area contributed by atoms with E-state index in [0.717, 1.165) is 0 Å². The summed E-state index contributed by atoms with van der Waals surface area (Å²) in [5, 5.41) is 0. The lowest BCUT2D eigenvalue weighted by Gasteiger charge is -2.27. The first kappa shape index (κ1) is 20.8. The number of carbonyl (C=O) groups excluding carboxylic acids is 1. The Morgan fingerprint density at radius 3 is 2.10 bits per heavy atom. The average molecular weight is 392 g/mol. The molecule has 4 nitrogen and oxygen atoms in total. The molecule has 4 heteroatoms. The molecular formula is C25H29NO3. The molecule has 0 bridgehead atoms. The van der Waals surface area contributed by atoms with Crippen LogP contribution < -0.4 is 0 Å². The summed E-state index contributed by atoms with van der Waals surface area (Å²) < 4.78 is 10.9. The highest BCUT2D eigenvalue weighted by Crippen LogP contribution is 2.40. The van der Waals surface area contributed by atoms with E-state index in [2.05, 4.69) is 74.3 Å². The molecule has 0 fully saturated rings. The van der Waals surface area contributed by atoms with Crippen molar-refractivity contribution in [2.75, 3.05) is 6.61 Å². The molecule has 3 aromatic rings. The van der Waals surface area contributed by atoms with Gasteiger partial charge in [0.1, 0.15) is 12.2 Å². The second-order valence-corrected chi connectivity index (χ2v) is 7.63. The molecule has 2 aromatic carbocycles. The Hall–Kier alpha value is -2.88. The van der Waals surface area contributed by atoms with Gasteiger partial charge in [0.2, 0.25) is 5.89 Å². The van der Waals surface area contributed by atoms with Gasteiger partial charge in [0.15, 0.2) is 0 Å². The van der Waals surface area contributed by atoms with Crippen molar-refractivity contribution in [1.82, 2.24) is 4.98 Å². The fraction of sp³-hybridized carbons (Fsp3) is 0.360. The van der Waals surface area contributed by atoms with Crippen molar-refractivity contribution in [3.05, 3.63) is 89.1 Å².